The van der Waals surface area contributed by atoms with Crippen LogP contribution in [0.15, 0.2) is 18.3 Å². The molecule has 0 unspecified atom stereocenters. The van der Waals surface area contributed by atoms with Crippen molar-refractivity contribution in [3.05, 3.63) is 23.9 Å². The highest BCUT2D eigenvalue weighted by atomic mass is 19.4. The van der Waals surface area contributed by atoms with E-state index >= 15 is 0 Å². The van der Waals surface area contributed by atoms with Gasteiger partial charge < -0.3 is 9.80 Å². The summed E-state index contributed by atoms with van der Waals surface area (Å²) < 4.78 is 39.7. The lowest BCUT2D eigenvalue weighted by Crippen LogP contribution is -2.54. The number of carbonyl (C=O) groups excluding carboxylic acids is 2. The van der Waals surface area contributed by atoms with Gasteiger partial charge in [-0.05, 0) is 30.9 Å². The zero-order valence-corrected chi connectivity index (χ0v) is 17.8. The summed E-state index contributed by atoms with van der Waals surface area (Å²) in [6, 6.07) is 1.78. The number of alkyl halides is 3. The van der Waals surface area contributed by atoms with Crippen LogP contribution in [0.3, 0.4) is 0 Å². The Kier molecular flexibility index (Phi) is 8.49. The molecular formula is C21H31F3N4O2. The molecule has 1 atom stereocenters. The molecule has 0 saturated carbocycles. The lowest BCUT2D eigenvalue weighted by atomic mass is 9.93. The number of piperazine rings is 1. The number of hydrogen-bond acceptors (Lipinski definition) is 4. The minimum Gasteiger partial charge on any atom is -0.353 e. The number of halogens is 3. The minimum absolute atomic E-state index is 0.127. The summed E-state index contributed by atoms with van der Waals surface area (Å²) in [5.41, 5.74) is -0.786. The zero-order chi connectivity index (χ0) is 22.3. The normalized spacial score (nSPS) is 16.0. The molecule has 0 spiro atoms. The Morgan fingerprint density at radius 3 is 2.37 bits per heavy atom. The average molecular weight is 428 g/mol. The third-order valence-electron chi connectivity index (χ3n) is 5.29. The van der Waals surface area contributed by atoms with Gasteiger partial charge in [-0.3, -0.25) is 10.1 Å². The van der Waals surface area contributed by atoms with E-state index in [9.17, 15) is 22.8 Å². The molecule has 0 radical (unpaired) electrons. The molecule has 1 aromatic rings. The van der Waals surface area contributed by atoms with Crippen LogP contribution < -0.4 is 10.2 Å². The fourth-order valence-electron chi connectivity index (χ4n) is 3.57. The molecule has 0 aliphatic carbocycles. The van der Waals surface area contributed by atoms with Gasteiger partial charge in [-0.15, -0.1) is 0 Å². The Morgan fingerprint density at radius 1 is 1.13 bits per heavy atom. The molecule has 1 N–H and O–H groups in total. The topological polar surface area (TPSA) is 65.5 Å². The first kappa shape index (κ1) is 24.0. The summed E-state index contributed by atoms with van der Waals surface area (Å²) in [7, 11) is 0. The Bertz CT molecular complexity index is 716. The van der Waals surface area contributed by atoms with Crippen molar-refractivity contribution in [2.75, 3.05) is 31.1 Å². The van der Waals surface area contributed by atoms with E-state index in [0.717, 1.165) is 31.7 Å². The largest absolute Gasteiger partial charge is 0.419 e. The first-order chi connectivity index (χ1) is 14.1. The minimum atomic E-state index is -4.49. The summed E-state index contributed by atoms with van der Waals surface area (Å²) in [4.78, 5) is 31.9. The number of urea groups is 1. The van der Waals surface area contributed by atoms with Crippen molar-refractivity contribution in [1.82, 2.24) is 15.2 Å². The maximum atomic E-state index is 13.2. The number of imide groups is 1. The van der Waals surface area contributed by atoms with Crippen LogP contribution in [0.5, 0.6) is 0 Å². The van der Waals surface area contributed by atoms with Gasteiger partial charge in [0.05, 0.1) is 5.56 Å². The fraction of sp³-hybridized carbons (Fsp3) is 0.667. The molecule has 1 aliphatic heterocycles. The SMILES string of the molecule is CCC[C@@H](CCC(C)C)C(=O)NC(=O)N1CCN(c2ncccc2C(F)(F)F)CC1. The Hall–Kier alpha value is -2.32. The van der Waals surface area contributed by atoms with Crippen LogP contribution in [0.2, 0.25) is 0 Å². The van der Waals surface area contributed by atoms with Crippen LogP contribution in [0.25, 0.3) is 0 Å². The van der Waals surface area contributed by atoms with Gasteiger partial charge in [-0.2, -0.15) is 13.2 Å². The summed E-state index contributed by atoms with van der Waals surface area (Å²) in [6.45, 7) is 7.06. The second-order valence-electron chi connectivity index (χ2n) is 8.10. The highest BCUT2D eigenvalue weighted by Crippen LogP contribution is 2.35. The number of pyridine rings is 1. The van der Waals surface area contributed by atoms with Gasteiger partial charge in [0.25, 0.3) is 0 Å². The van der Waals surface area contributed by atoms with Gasteiger partial charge in [-0.1, -0.05) is 33.6 Å². The number of aromatic nitrogens is 1. The monoisotopic (exact) mass is 428 g/mol. The van der Waals surface area contributed by atoms with Crippen molar-refractivity contribution in [2.24, 2.45) is 11.8 Å². The van der Waals surface area contributed by atoms with E-state index in [4.69, 9.17) is 0 Å². The van der Waals surface area contributed by atoms with Crippen molar-refractivity contribution in [3.8, 4) is 0 Å². The van der Waals surface area contributed by atoms with E-state index in [1.54, 1.807) is 0 Å². The molecule has 9 heteroatoms. The molecule has 1 fully saturated rings. The summed E-state index contributed by atoms with van der Waals surface area (Å²) in [5, 5.41) is 2.48. The van der Waals surface area contributed by atoms with Crippen molar-refractivity contribution >= 4 is 17.8 Å². The van der Waals surface area contributed by atoms with Crippen LogP contribution in [0, 0.1) is 11.8 Å². The molecule has 1 aromatic heterocycles. The first-order valence-corrected chi connectivity index (χ1v) is 10.5. The molecule has 2 heterocycles. The number of anilines is 1. The molecular weight excluding hydrogens is 397 g/mol. The molecule has 3 amide bonds. The number of carbonyl (C=O) groups is 2. The van der Waals surface area contributed by atoms with Gasteiger partial charge >= 0.3 is 12.2 Å². The van der Waals surface area contributed by atoms with Gasteiger partial charge in [0.2, 0.25) is 5.91 Å². The zero-order valence-electron chi connectivity index (χ0n) is 17.8. The van der Waals surface area contributed by atoms with Crippen molar-refractivity contribution in [1.29, 1.82) is 0 Å². The van der Waals surface area contributed by atoms with Crippen molar-refractivity contribution in [2.45, 2.75) is 52.6 Å². The molecule has 30 heavy (non-hydrogen) atoms. The van der Waals surface area contributed by atoms with E-state index in [1.807, 2.05) is 6.92 Å². The Morgan fingerprint density at radius 2 is 1.80 bits per heavy atom. The molecule has 1 saturated heterocycles. The first-order valence-electron chi connectivity index (χ1n) is 10.5. The molecule has 2 rings (SSSR count). The third kappa shape index (κ3) is 6.60. The second kappa shape index (κ2) is 10.6. The Balaban J connectivity index is 1.93. The quantitative estimate of drug-likeness (QED) is 0.703. The van der Waals surface area contributed by atoms with Crippen LogP contribution in [-0.4, -0.2) is 48.0 Å². The Labute approximate surface area is 175 Å². The number of nitrogens with one attached hydrogen (secondary N) is 1. The predicted octanol–water partition coefficient (Wildman–Crippen LogP) is 4.31. The van der Waals surface area contributed by atoms with Crippen LogP contribution in [-0.2, 0) is 11.0 Å². The lowest BCUT2D eigenvalue weighted by molar-refractivity contribution is -0.137. The lowest BCUT2D eigenvalue weighted by Gasteiger charge is -2.36. The molecule has 6 nitrogen and oxygen atoms in total. The van der Waals surface area contributed by atoms with Crippen molar-refractivity contribution in [3.63, 3.8) is 0 Å². The van der Waals surface area contributed by atoms with Gasteiger partial charge in [0.15, 0.2) is 0 Å². The number of hydrogen-bond donors (Lipinski definition) is 1. The van der Waals surface area contributed by atoms with Crippen LogP contribution >= 0.6 is 0 Å². The predicted molar refractivity (Wildman–Crippen MR) is 109 cm³/mol. The van der Waals surface area contributed by atoms with E-state index in [1.165, 1.54) is 22.1 Å². The third-order valence-corrected chi connectivity index (χ3v) is 5.29. The highest BCUT2D eigenvalue weighted by Gasteiger charge is 2.36. The van der Waals surface area contributed by atoms with Gasteiger partial charge in [0.1, 0.15) is 5.82 Å². The molecule has 1 aliphatic rings. The highest BCUT2D eigenvalue weighted by molar-refractivity contribution is 5.95. The molecule has 0 aromatic carbocycles. The fourth-order valence-corrected chi connectivity index (χ4v) is 3.57. The van der Waals surface area contributed by atoms with Crippen LogP contribution in [0.1, 0.15) is 52.0 Å². The van der Waals surface area contributed by atoms with Crippen LogP contribution in [0.4, 0.5) is 23.8 Å². The summed E-state index contributed by atoms with van der Waals surface area (Å²) in [6.07, 6.45) is 0.0607. The summed E-state index contributed by atoms with van der Waals surface area (Å²) >= 11 is 0. The van der Waals surface area contributed by atoms with E-state index in [2.05, 4.69) is 24.1 Å². The maximum Gasteiger partial charge on any atom is 0.419 e. The summed E-state index contributed by atoms with van der Waals surface area (Å²) in [5.74, 6) is -0.119. The average Bonchev–Trinajstić information content (AvgIpc) is 2.70. The second-order valence-corrected chi connectivity index (χ2v) is 8.10. The number of amides is 3. The van der Waals surface area contributed by atoms with E-state index < -0.39 is 17.8 Å². The molecule has 168 valence electrons. The van der Waals surface area contributed by atoms with E-state index in [-0.39, 0.29) is 43.8 Å². The standard InChI is InChI=1S/C21H31F3N4O2/c1-4-6-16(9-8-15(2)3)19(29)26-20(30)28-13-11-27(12-14-28)18-17(21(22,23)24)7-5-10-25-18/h5,7,10,15-16H,4,6,8-9,11-14H2,1-3H3,(H,26,29,30)/t16-/m0/s1. The molecule has 0 bridgehead atoms. The number of rotatable bonds is 7. The van der Waals surface area contributed by atoms with Crippen molar-refractivity contribution < 1.29 is 22.8 Å². The van der Waals surface area contributed by atoms with Gasteiger partial charge in [-0.25, -0.2) is 9.78 Å². The maximum absolute atomic E-state index is 13.2. The van der Waals surface area contributed by atoms with Gasteiger partial charge in [0, 0.05) is 38.3 Å². The van der Waals surface area contributed by atoms with E-state index in [0.29, 0.717) is 5.92 Å². The number of nitrogens with zero attached hydrogens (tertiary/aromatic N) is 3. The smallest absolute Gasteiger partial charge is 0.353 e.